The second kappa shape index (κ2) is 7.48. The molecule has 1 heterocycles. The number of rotatable bonds is 5. The molecule has 4 N–H and O–H groups in total. The first kappa shape index (κ1) is 17.2. The van der Waals surface area contributed by atoms with Crippen LogP contribution >= 0.6 is 0 Å². The minimum atomic E-state index is -0.827. The largest absolute Gasteiger partial charge is 0.481 e. The first-order valence-electron chi connectivity index (χ1n) is 8.40. The fraction of sp³-hybridized carbons (Fsp3) is 0.389. The number of benzene rings is 1. The van der Waals surface area contributed by atoms with E-state index in [-0.39, 0.29) is 12.3 Å². The molecule has 3 rings (SSSR count). The van der Waals surface area contributed by atoms with Crippen LogP contribution < -0.4 is 5.48 Å². The number of aromatic amines is 1. The van der Waals surface area contributed by atoms with Gasteiger partial charge in [0.1, 0.15) is 0 Å². The van der Waals surface area contributed by atoms with Crippen LogP contribution in [-0.4, -0.2) is 32.4 Å². The van der Waals surface area contributed by atoms with Crippen molar-refractivity contribution in [1.29, 1.82) is 0 Å². The predicted molar refractivity (Wildman–Crippen MR) is 90.0 cm³/mol. The van der Waals surface area contributed by atoms with Gasteiger partial charge >= 0.3 is 5.97 Å². The average Bonchev–Trinajstić information content (AvgIpc) is 3.05. The monoisotopic (exact) mass is 343 g/mol. The lowest BCUT2D eigenvalue weighted by molar-refractivity contribution is -0.143. The maximum absolute atomic E-state index is 11.8. The number of hydrogen-bond acceptors (Lipinski definition) is 4. The molecule has 0 bridgehead atoms. The van der Waals surface area contributed by atoms with Gasteiger partial charge in [-0.05, 0) is 18.4 Å². The molecule has 2 unspecified atom stereocenters. The molecule has 2 atom stereocenters. The summed E-state index contributed by atoms with van der Waals surface area (Å²) >= 11 is 0. The molecule has 1 amide bonds. The Morgan fingerprint density at radius 2 is 1.92 bits per heavy atom. The Morgan fingerprint density at radius 1 is 1.20 bits per heavy atom. The molecule has 0 saturated heterocycles. The Labute approximate surface area is 145 Å². The van der Waals surface area contributed by atoms with Gasteiger partial charge in [0.2, 0.25) is 5.91 Å². The number of H-pyrrole nitrogens is 1. The molecular weight excluding hydrogens is 322 g/mol. The van der Waals surface area contributed by atoms with Gasteiger partial charge in [-0.3, -0.25) is 19.9 Å². The molecule has 1 aliphatic rings. The van der Waals surface area contributed by atoms with Gasteiger partial charge in [0.25, 0.3) is 0 Å². The van der Waals surface area contributed by atoms with Gasteiger partial charge in [-0.15, -0.1) is 0 Å². The van der Waals surface area contributed by atoms with Crippen LogP contribution in [0.25, 0.3) is 11.3 Å². The van der Waals surface area contributed by atoms with Gasteiger partial charge in [0, 0.05) is 11.5 Å². The van der Waals surface area contributed by atoms with Crippen LogP contribution in [0.3, 0.4) is 0 Å². The number of carbonyl (C=O) groups excluding carboxylic acids is 1. The highest BCUT2D eigenvalue weighted by molar-refractivity contribution is 5.81. The second-order valence-electron chi connectivity index (χ2n) is 6.38. The van der Waals surface area contributed by atoms with Crippen molar-refractivity contribution in [3.8, 4) is 11.3 Å². The van der Waals surface area contributed by atoms with Crippen LogP contribution in [0.4, 0.5) is 0 Å². The summed E-state index contributed by atoms with van der Waals surface area (Å²) in [5.41, 5.74) is 4.47. The maximum atomic E-state index is 11.8. The molecule has 1 fully saturated rings. The summed E-state index contributed by atoms with van der Waals surface area (Å²) in [5, 5.41) is 25.8. The first-order chi connectivity index (χ1) is 12.1. The fourth-order valence-electron chi connectivity index (χ4n) is 3.66. The number of nitrogens with zero attached hydrogens (tertiary/aromatic N) is 1. The van der Waals surface area contributed by atoms with Crippen LogP contribution in [0.1, 0.15) is 42.9 Å². The van der Waals surface area contributed by atoms with Crippen molar-refractivity contribution >= 4 is 11.9 Å². The van der Waals surface area contributed by atoms with Crippen LogP contribution in [0.15, 0.2) is 30.3 Å². The number of aromatic nitrogens is 2. The quantitative estimate of drug-likeness (QED) is 0.492. The Kier molecular flexibility index (Phi) is 5.14. The summed E-state index contributed by atoms with van der Waals surface area (Å²) in [6.45, 7) is 0. The topological polar surface area (TPSA) is 115 Å². The number of carboxylic acid groups (broad SMARTS) is 1. The van der Waals surface area contributed by atoms with E-state index in [1.807, 2.05) is 30.3 Å². The summed E-state index contributed by atoms with van der Waals surface area (Å²) in [7, 11) is 0. The van der Waals surface area contributed by atoms with E-state index in [4.69, 9.17) is 5.21 Å². The zero-order valence-electron chi connectivity index (χ0n) is 13.7. The molecule has 0 radical (unpaired) electrons. The number of amides is 1. The van der Waals surface area contributed by atoms with E-state index in [1.54, 1.807) is 5.48 Å². The molecule has 1 aliphatic carbocycles. The van der Waals surface area contributed by atoms with E-state index in [1.165, 1.54) is 0 Å². The maximum Gasteiger partial charge on any atom is 0.307 e. The summed E-state index contributed by atoms with van der Waals surface area (Å²) < 4.78 is 0. The zero-order chi connectivity index (χ0) is 17.8. The lowest BCUT2D eigenvalue weighted by Gasteiger charge is -2.28. The van der Waals surface area contributed by atoms with E-state index in [0.717, 1.165) is 24.8 Å². The van der Waals surface area contributed by atoms with Gasteiger partial charge in [-0.2, -0.15) is 5.10 Å². The average molecular weight is 343 g/mol. The molecule has 25 heavy (non-hydrogen) atoms. The summed E-state index contributed by atoms with van der Waals surface area (Å²) in [4.78, 5) is 23.4. The standard InChI is InChI=1S/C18H21N3O4/c22-15(21-25)10-14-16(11-6-2-1-3-7-11)19-20-17(14)12-8-4-5-9-13(12)18(23)24/h1-3,6-7,12-13,25H,4-5,8-10H2,(H,19,20)(H,21,22)(H,23,24). The third kappa shape index (κ3) is 3.56. The van der Waals surface area contributed by atoms with E-state index >= 15 is 0 Å². The van der Waals surface area contributed by atoms with Crippen LogP contribution in [0, 0.1) is 5.92 Å². The smallest absolute Gasteiger partial charge is 0.307 e. The van der Waals surface area contributed by atoms with Gasteiger partial charge in [0.15, 0.2) is 0 Å². The second-order valence-corrected chi connectivity index (χ2v) is 6.38. The molecule has 1 aromatic heterocycles. The van der Waals surface area contributed by atoms with Gasteiger partial charge in [-0.25, -0.2) is 5.48 Å². The van der Waals surface area contributed by atoms with Crippen LogP contribution in [-0.2, 0) is 16.0 Å². The molecule has 1 saturated carbocycles. The van der Waals surface area contributed by atoms with E-state index in [9.17, 15) is 14.7 Å². The SMILES string of the molecule is O=C(Cc1c(C2CCCCC2C(=O)O)n[nH]c1-c1ccccc1)NO. The lowest BCUT2D eigenvalue weighted by atomic mass is 9.76. The van der Waals surface area contributed by atoms with Crippen molar-refractivity contribution in [2.45, 2.75) is 38.0 Å². The zero-order valence-corrected chi connectivity index (χ0v) is 13.7. The predicted octanol–water partition coefficient (Wildman–Crippen LogP) is 2.48. The first-order valence-corrected chi connectivity index (χ1v) is 8.40. The molecule has 7 heteroatoms. The van der Waals surface area contributed by atoms with Crippen molar-refractivity contribution in [3.63, 3.8) is 0 Å². The molecule has 0 spiro atoms. The molecule has 2 aromatic rings. The highest BCUT2D eigenvalue weighted by Gasteiger charge is 2.36. The Hall–Kier alpha value is -2.67. The minimum Gasteiger partial charge on any atom is -0.481 e. The number of aliphatic carboxylic acids is 1. The third-order valence-electron chi connectivity index (χ3n) is 4.86. The van der Waals surface area contributed by atoms with E-state index in [0.29, 0.717) is 23.4 Å². The van der Waals surface area contributed by atoms with Gasteiger partial charge in [0.05, 0.1) is 23.7 Å². The van der Waals surface area contributed by atoms with Crippen LogP contribution in [0.5, 0.6) is 0 Å². The Morgan fingerprint density at radius 3 is 2.60 bits per heavy atom. The van der Waals surface area contributed by atoms with Crippen LogP contribution in [0.2, 0.25) is 0 Å². The third-order valence-corrected chi connectivity index (χ3v) is 4.86. The summed E-state index contributed by atoms with van der Waals surface area (Å²) in [6, 6.07) is 9.45. The number of hydrogen-bond donors (Lipinski definition) is 4. The number of hydroxylamine groups is 1. The summed E-state index contributed by atoms with van der Waals surface area (Å²) in [6.07, 6.45) is 3.10. The van der Waals surface area contributed by atoms with Crippen molar-refractivity contribution in [1.82, 2.24) is 15.7 Å². The van der Waals surface area contributed by atoms with Gasteiger partial charge < -0.3 is 5.11 Å². The number of nitrogens with one attached hydrogen (secondary N) is 2. The normalized spacial score (nSPS) is 20.2. The van der Waals surface area contributed by atoms with E-state index in [2.05, 4.69) is 10.2 Å². The highest BCUT2D eigenvalue weighted by atomic mass is 16.5. The van der Waals surface area contributed by atoms with Crippen molar-refractivity contribution < 1.29 is 19.9 Å². The van der Waals surface area contributed by atoms with Crippen molar-refractivity contribution in [2.24, 2.45) is 5.92 Å². The van der Waals surface area contributed by atoms with Crippen molar-refractivity contribution in [2.75, 3.05) is 0 Å². The molecule has 7 nitrogen and oxygen atoms in total. The minimum absolute atomic E-state index is 0.0601. The summed E-state index contributed by atoms with van der Waals surface area (Å²) in [5.74, 6) is -2.12. The molecule has 1 aromatic carbocycles. The molecule has 132 valence electrons. The lowest BCUT2D eigenvalue weighted by Crippen LogP contribution is -2.27. The fourth-order valence-corrected chi connectivity index (χ4v) is 3.66. The molecular formula is C18H21N3O4. The Balaban J connectivity index is 2.05. The molecule has 0 aliphatic heterocycles. The highest BCUT2D eigenvalue weighted by Crippen LogP contribution is 2.40. The van der Waals surface area contributed by atoms with Crippen molar-refractivity contribution in [3.05, 3.63) is 41.6 Å². The number of carboxylic acids is 1. The van der Waals surface area contributed by atoms with E-state index < -0.39 is 17.8 Å². The van der Waals surface area contributed by atoms with Gasteiger partial charge in [-0.1, -0.05) is 43.2 Å². The Bertz CT molecular complexity index is 757. The number of carbonyl (C=O) groups is 2.